The molecule has 0 saturated heterocycles. The van der Waals surface area contributed by atoms with Crippen LogP contribution in [0.25, 0.3) is 0 Å². The number of anilines is 2. The van der Waals surface area contributed by atoms with Gasteiger partial charge >= 0.3 is 6.18 Å². The first kappa shape index (κ1) is 26.6. The molecule has 1 amide bonds. The van der Waals surface area contributed by atoms with Crippen LogP contribution in [0, 0.1) is 11.2 Å². The number of phenolic OH excluding ortho intramolecular Hbond substituents is 1. The summed E-state index contributed by atoms with van der Waals surface area (Å²) in [6, 6.07) is 4.11. The minimum Gasteiger partial charge on any atom is -0.506 e. The molecule has 1 unspecified atom stereocenters. The number of nitrogens with one attached hydrogen (secondary N) is 1. The molecule has 0 spiro atoms. The summed E-state index contributed by atoms with van der Waals surface area (Å²) in [7, 11) is -4.23. The van der Waals surface area contributed by atoms with Crippen molar-refractivity contribution >= 4 is 27.1 Å². The van der Waals surface area contributed by atoms with Gasteiger partial charge in [-0.15, -0.1) is 0 Å². The molecule has 3 heterocycles. The summed E-state index contributed by atoms with van der Waals surface area (Å²) in [5, 5.41) is 13.7. The average Bonchev–Trinajstić information content (AvgIpc) is 2.98. The van der Waals surface area contributed by atoms with E-state index in [1.165, 1.54) is 30.6 Å². The molecule has 2 aliphatic rings. The Morgan fingerprint density at radius 1 is 1.18 bits per heavy atom. The zero-order valence-corrected chi connectivity index (χ0v) is 21.4. The van der Waals surface area contributed by atoms with Gasteiger partial charge in [-0.05, 0) is 36.1 Å². The second kappa shape index (κ2) is 9.04. The molecule has 0 aliphatic carbocycles. The molecule has 0 bridgehead atoms. The number of fused-ring (bicyclic) bond motifs is 1. The number of halogens is 4. The molecule has 2 aromatic carbocycles. The van der Waals surface area contributed by atoms with Gasteiger partial charge in [0.1, 0.15) is 29.0 Å². The number of alkyl halides is 3. The third-order valence-electron chi connectivity index (χ3n) is 6.55. The largest absolute Gasteiger partial charge is 0.506 e. The number of hydrogen-bond acceptors (Lipinski definition) is 7. The number of rotatable bonds is 2. The molecule has 5 rings (SSSR count). The molecule has 0 saturated carbocycles. The van der Waals surface area contributed by atoms with Gasteiger partial charge in [0.15, 0.2) is 9.84 Å². The first-order valence-corrected chi connectivity index (χ1v) is 13.4. The quantitative estimate of drug-likeness (QED) is 0.326. The number of phenols is 1. The maximum atomic E-state index is 15.6. The van der Waals surface area contributed by atoms with Gasteiger partial charge in [0.25, 0.3) is 5.91 Å². The summed E-state index contributed by atoms with van der Waals surface area (Å²) in [6.45, 7) is 3.42. The molecule has 2 aliphatic heterocycles. The van der Waals surface area contributed by atoms with Crippen LogP contribution in [0.3, 0.4) is 0 Å². The maximum absolute atomic E-state index is 15.6. The van der Waals surface area contributed by atoms with Crippen molar-refractivity contribution in [2.75, 3.05) is 16.0 Å². The van der Waals surface area contributed by atoms with Gasteiger partial charge in [0, 0.05) is 23.7 Å². The number of carbonyl (C=O) groups excluding carboxylic acids is 1. The summed E-state index contributed by atoms with van der Waals surface area (Å²) < 4.78 is 83.3. The van der Waals surface area contributed by atoms with E-state index in [4.69, 9.17) is 0 Å². The second-order valence-electron chi connectivity index (χ2n) is 10.1. The number of carbonyl (C=O) groups is 1. The van der Waals surface area contributed by atoms with Gasteiger partial charge in [0.2, 0.25) is 0 Å². The van der Waals surface area contributed by atoms with E-state index in [9.17, 15) is 31.5 Å². The van der Waals surface area contributed by atoms with Gasteiger partial charge in [0.05, 0.1) is 28.1 Å². The van der Waals surface area contributed by atoms with E-state index in [1.807, 2.05) is 0 Å². The maximum Gasteiger partial charge on any atom is 0.416 e. The van der Waals surface area contributed by atoms with Crippen molar-refractivity contribution in [3.8, 4) is 5.75 Å². The van der Waals surface area contributed by atoms with E-state index in [-0.39, 0.29) is 51.7 Å². The highest BCUT2D eigenvalue weighted by molar-refractivity contribution is 7.95. The minimum absolute atomic E-state index is 0.0232. The highest BCUT2D eigenvalue weighted by Gasteiger charge is 2.48. The lowest BCUT2D eigenvalue weighted by atomic mass is 9.88. The zero-order valence-electron chi connectivity index (χ0n) is 20.6. The first-order valence-electron chi connectivity index (χ1n) is 11.7. The first-order chi connectivity index (χ1) is 18.2. The van der Waals surface area contributed by atoms with E-state index in [2.05, 4.69) is 15.3 Å². The Kier molecular flexibility index (Phi) is 6.17. The van der Waals surface area contributed by atoms with Crippen molar-refractivity contribution in [3.05, 3.63) is 88.2 Å². The van der Waals surface area contributed by atoms with Crippen LogP contribution in [-0.2, 0) is 16.0 Å². The molecule has 1 aromatic heterocycles. The Morgan fingerprint density at radius 2 is 1.92 bits per heavy atom. The van der Waals surface area contributed by atoms with Crippen LogP contribution in [0.4, 0.5) is 28.9 Å². The highest BCUT2D eigenvalue weighted by atomic mass is 32.2. The fourth-order valence-corrected chi connectivity index (χ4v) is 7.42. The Bertz CT molecular complexity index is 1620. The number of para-hydroxylation sites is 1. The van der Waals surface area contributed by atoms with Crippen LogP contribution in [0.2, 0.25) is 0 Å². The molecular weight excluding hydrogens is 540 g/mol. The molecular formula is C26H22F4N4O4S. The van der Waals surface area contributed by atoms with Crippen molar-refractivity contribution in [2.45, 2.75) is 32.5 Å². The summed E-state index contributed by atoms with van der Waals surface area (Å²) in [6.07, 6.45) is -1.07. The zero-order chi connectivity index (χ0) is 28.3. The fourth-order valence-electron chi connectivity index (χ4n) is 5.07. The Morgan fingerprint density at radius 3 is 2.56 bits per heavy atom. The number of aromatic nitrogens is 2. The van der Waals surface area contributed by atoms with Crippen molar-refractivity contribution < 1.29 is 35.9 Å². The monoisotopic (exact) mass is 562 g/mol. The molecule has 0 radical (unpaired) electrons. The van der Waals surface area contributed by atoms with Crippen LogP contribution >= 0.6 is 0 Å². The highest BCUT2D eigenvalue weighted by Crippen LogP contribution is 2.52. The van der Waals surface area contributed by atoms with Crippen molar-refractivity contribution in [3.63, 3.8) is 0 Å². The van der Waals surface area contributed by atoms with Crippen LogP contribution in [0.5, 0.6) is 5.75 Å². The van der Waals surface area contributed by atoms with E-state index in [0.717, 1.165) is 17.2 Å². The summed E-state index contributed by atoms with van der Waals surface area (Å²) in [5.74, 6) is -2.96. The number of aromatic hydroxyl groups is 1. The molecule has 0 fully saturated rings. The standard InChI is InChI=1S/C26H22F4N4O4S/c1-25(2)11-17-23(39(37,38)13-25)22(15-7-6-14(10-16(15)27)26(28,29)30)34(24(36)18-12-31-8-9-32-18)19-4-3-5-20(35)21(19)33-17/h3-10,12,22,33,35H,11,13H2,1-2H3. The van der Waals surface area contributed by atoms with E-state index in [1.54, 1.807) is 13.8 Å². The minimum atomic E-state index is -4.86. The predicted octanol–water partition coefficient (Wildman–Crippen LogP) is 5.21. The molecule has 8 nitrogen and oxygen atoms in total. The number of nitrogens with zero attached hydrogens (tertiary/aromatic N) is 3. The number of allylic oxidation sites excluding steroid dienone is 1. The number of sulfone groups is 1. The molecule has 2 N–H and O–H groups in total. The Hall–Kier alpha value is -4.00. The topological polar surface area (TPSA) is 112 Å². The number of amides is 1. The average molecular weight is 563 g/mol. The Balaban J connectivity index is 1.87. The smallest absolute Gasteiger partial charge is 0.416 e. The molecule has 39 heavy (non-hydrogen) atoms. The SMILES string of the molecule is CC1(C)CC2=C(C(c3ccc(C(F)(F)F)cc3F)N(C(=O)c3cnccn3)c3cccc(O)c3N2)S(=O)(=O)C1. The van der Waals surface area contributed by atoms with Crippen molar-refractivity contribution in [1.82, 2.24) is 9.97 Å². The third-order valence-corrected chi connectivity index (χ3v) is 8.86. The van der Waals surface area contributed by atoms with Crippen molar-refractivity contribution in [1.29, 1.82) is 0 Å². The predicted molar refractivity (Wildman–Crippen MR) is 134 cm³/mol. The molecule has 1 atom stereocenters. The van der Waals surface area contributed by atoms with Crippen LogP contribution in [0.1, 0.15) is 47.9 Å². The van der Waals surface area contributed by atoms with Gasteiger partial charge < -0.3 is 10.4 Å². The van der Waals surface area contributed by atoms with Crippen LogP contribution in [0.15, 0.2) is 65.6 Å². The molecule has 204 valence electrons. The number of benzene rings is 2. The second-order valence-corrected chi connectivity index (χ2v) is 12.1. The summed E-state index contributed by atoms with van der Waals surface area (Å²) in [4.78, 5) is 22.4. The summed E-state index contributed by atoms with van der Waals surface area (Å²) >= 11 is 0. The van der Waals surface area contributed by atoms with E-state index >= 15 is 4.39 Å². The Labute approximate surface area is 220 Å². The van der Waals surface area contributed by atoms with Crippen molar-refractivity contribution in [2.24, 2.45) is 5.41 Å². The van der Waals surface area contributed by atoms with E-state index < -0.39 is 50.3 Å². The lowest BCUT2D eigenvalue weighted by Crippen LogP contribution is -2.41. The van der Waals surface area contributed by atoms with Gasteiger partial charge in [-0.25, -0.2) is 17.8 Å². The summed E-state index contributed by atoms with van der Waals surface area (Å²) in [5.41, 5.74) is -2.74. The molecule has 3 aromatic rings. The van der Waals surface area contributed by atoms with Crippen LogP contribution < -0.4 is 10.2 Å². The van der Waals surface area contributed by atoms with Gasteiger partial charge in [-0.2, -0.15) is 13.2 Å². The van der Waals surface area contributed by atoms with Gasteiger partial charge in [-0.3, -0.25) is 14.7 Å². The lowest BCUT2D eigenvalue weighted by Gasteiger charge is -2.37. The lowest BCUT2D eigenvalue weighted by molar-refractivity contribution is -0.137. The fraction of sp³-hybridized carbons (Fsp3) is 0.269. The third kappa shape index (κ3) is 4.71. The van der Waals surface area contributed by atoms with Crippen LogP contribution in [-0.4, -0.2) is 35.2 Å². The molecule has 13 heteroatoms. The van der Waals surface area contributed by atoms with Gasteiger partial charge in [-0.1, -0.05) is 26.0 Å². The van der Waals surface area contributed by atoms with E-state index in [0.29, 0.717) is 6.07 Å². The number of hydrogen-bond donors (Lipinski definition) is 2. The normalized spacial score (nSPS) is 19.9.